The van der Waals surface area contributed by atoms with E-state index in [-0.39, 0.29) is 5.41 Å². The molecule has 0 aliphatic heterocycles. The number of hydrogen-bond acceptors (Lipinski definition) is 0. The maximum Gasteiger partial charge on any atom is 0.151 e. The van der Waals surface area contributed by atoms with E-state index in [1.165, 1.54) is 17.1 Å². The van der Waals surface area contributed by atoms with Gasteiger partial charge in [-0.2, -0.15) is 0 Å². The van der Waals surface area contributed by atoms with E-state index in [0.29, 0.717) is 0 Å². The van der Waals surface area contributed by atoms with Gasteiger partial charge >= 0.3 is 0 Å². The Morgan fingerprint density at radius 2 is 1.68 bits per heavy atom. The van der Waals surface area contributed by atoms with Crippen LogP contribution in [0, 0.1) is 16.2 Å². The van der Waals surface area contributed by atoms with Gasteiger partial charge in [-0.1, -0.05) is 13.8 Å². The van der Waals surface area contributed by atoms with Crippen LogP contribution in [0.5, 0.6) is 0 Å². The Bertz CT molecular complexity index is 650. The molecule has 116 valence electrons. The lowest BCUT2D eigenvalue weighted by molar-refractivity contribution is 0.514. The molecule has 0 radical (unpaired) electrons. The van der Waals surface area contributed by atoms with Crippen molar-refractivity contribution in [1.82, 2.24) is 0 Å². The normalized spacial score (nSPS) is 19.5. The minimum absolute atomic E-state index is 0.160. The highest BCUT2D eigenvalue weighted by molar-refractivity contribution is 9.13. The lowest BCUT2D eigenvalue weighted by atomic mass is 9.77. The molecule has 0 bridgehead atoms. The fourth-order valence-corrected chi connectivity index (χ4v) is 4.84. The van der Waals surface area contributed by atoms with E-state index in [0.717, 1.165) is 24.9 Å². The summed E-state index contributed by atoms with van der Waals surface area (Å²) >= 11 is 10.8. The van der Waals surface area contributed by atoms with E-state index in [1.54, 1.807) is 0 Å². The van der Waals surface area contributed by atoms with Crippen molar-refractivity contribution in [3.8, 4) is 0 Å². The molecule has 0 amide bonds. The molecule has 0 heterocycles. The van der Waals surface area contributed by atoms with Crippen LogP contribution in [0.3, 0.4) is 0 Å². The summed E-state index contributed by atoms with van der Waals surface area (Å²) in [6, 6.07) is 0. The predicted octanol–water partition coefficient (Wildman–Crippen LogP) is 7.46. The van der Waals surface area contributed by atoms with E-state index in [9.17, 15) is 0 Å². The molecule has 22 heavy (non-hydrogen) atoms. The number of hydrogen-bond donors (Lipinski definition) is 0. The van der Waals surface area contributed by atoms with Crippen molar-refractivity contribution in [3.05, 3.63) is 72.0 Å². The van der Waals surface area contributed by atoms with Gasteiger partial charge in [0.25, 0.3) is 0 Å². The molecule has 0 nitrogen and oxygen atoms in total. The Labute approximate surface area is 159 Å². The molecule has 0 saturated carbocycles. The first-order chi connectivity index (χ1) is 10.1. The van der Waals surface area contributed by atoms with E-state index in [1.807, 2.05) is 12.2 Å². The summed E-state index contributed by atoms with van der Waals surface area (Å²) in [5.74, 6) is 1.26. The average Bonchev–Trinajstić information content (AvgIpc) is 2.34. The largest absolute Gasteiger partial charge is 0.151 e. The van der Waals surface area contributed by atoms with Crippen LogP contribution in [0.25, 0.3) is 0 Å². The van der Waals surface area contributed by atoms with Gasteiger partial charge in [-0.15, -0.1) is 59.9 Å². The number of halogens is 3. The van der Waals surface area contributed by atoms with Crippen LogP contribution >= 0.6 is 47.8 Å². The highest BCUT2D eigenvalue weighted by Gasteiger charge is 2.29. The molecule has 0 unspecified atom stereocenters. The maximum atomic E-state index is 3.63. The van der Waals surface area contributed by atoms with E-state index >= 15 is 0 Å². The summed E-state index contributed by atoms with van der Waals surface area (Å²) in [4.78, 5) is 1.04. The van der Waals surface area contributed by atoms with Crippen molar-refractivity contribution in [2.75, 3.05) is 0 Å². The van der Waals surface area contributed by atoms with Crippen LogP contribution in [-0.2, 0) is 0 Å². The Morgan fingerprint density at radius 3 is 2.14 bits per heavy atom. The van der Waals surface area contributed by atoms with Gasteiger partial charge in [-0.3, -0.25) is 0 Å². The average molecular weight is 487 g/mol. The second-order valence-corrected chi connectivity index (χ2v) is 9.23. The fraction of sp³-hybridized carbons (Fsp3) is 0.316. The van der Waals surface area contributed by atoms with Crippen molar-refractivity contribution in [2.24, 2.45) is 5.41 Å². The standard InChI is InChI=1S/C19H19Br3/c1-11-6-13(19(3,4)5)7-12(2)15(11)10-16-17(21)8-14(20)9-18(16)22/h6-9H,1-5H3. The molecular weight excluding hydrogens is 468 g/mol. The Balaban J connectivity index is 2.54. The quantitative estimate of drug-likeness (QED) is 0.246. The summed E-state index contributed by atoms with van der Waals surface area (Å²) in [7, 11) is 0. The third kappa shape index (κ3) is 3.94. The number of allylic oxidation sites excluding steroid dienone is 9. The molecule has 2 aliphatic carbocycles. The van der Waals surface area contributed by atoms with Gasteiger partial charge in [0.15, 0.2) is 5.57 Å². The minimum Gasteiger partial charge on any atom is -0.143 e. The zero-order valence-electron chi connectivity index (χ0n) is 13.4. The van der Waals surface area contributed by atoms with Crippen LogP contribution < -0.4 is 0 Å². The van der Waals surface area contributed by atoms with Crippen LogP contribution in [-0.4, -0.2) is 0 Å². The minimum atomic E-state index is 0.160. The van der Waals surface area contributed by atoms with Crippen molar-refractivity contribution < 1.29 is 0 Å². The van der Waals surface area contributed by atoms with E-state index < -0.39 is 0 Å². The van der Waals surface area contributed by atoms with Crippen molar-refractivity contribution >= 4 is 47.8 Å². The summed E-state index contributed by atoms with van der Waals surface area (Å²) in [6.45, 7) is 11.1. The van der Waals surface area contributed by atoms with Crippen molar-refractivity contribution in [1.29, 1.82) is 0 Å². The zero-order chi connectivity index (χ0) is 16.7. The third-order valence-electron chi connectivity index (χ3n) is 3.66. The first-order valence-electron chi connectivity index (χ1n) is 7.13. The SMILES string of the molecule is CC1=CC(C(C)(C)C)=C[C+](C)C1=C=C1C(Br)=C[C-](Br)C=C1Br. The molecule has 3 heteroatoms. The van der Waals surface area contributed by atoms with E-state index in [4.69, 9.17) is 0 Å². The monoisotopic (exact) mass is 484 g/mol. The van der Waals surface area contributed by atoms with Gasteiger partial charge in [0, 0.05) is 23.1 Å². The zero-order valence-corrected chi connectivity index (χ0v) is 18.2. The second kappa shape index (κ2) is 6.65. The first kappa shape index (κ1) is 18.0. The lowest BCUT2D eigenvalue weighted by Crippen LogP contribution is -2.13. The predicted molar refractivity (Wildman–Crippen MR) is 107 cm³/mol. The van der Waals surface area contributed by atoms with Gasteiger partial charge in [0.2, 0.25) is 0 Å². The van der Waals surface area contributed by atoms with Crippen molar-refractivity contribution in [2.45, 2.75) is 34.6 Å². The second-order valence-electron chi connectivity index (χ2n) is 6.60. The summed E-state index contributed by atoms with van der Waals surface area (Å²) < 4.78 is 2.04. The molecule has 0 fully saturated rings. The Kier molecular flexibility index (Phi) is 5.44. The molecule has 0 saturated heterocycles. The van der Waals surface area contributed by atoms with Gasteiger partial charge in [-0.25, -0.2) is 0 Å². The molecule has 2 aliphatic rings. The molecule has 2 rings (SSSR count). The van der Waals surface area contributed by atoms with E-state index in [2.05, 4.69) is 100 Å². The molecular formula is C19H19Br3. The molecule has 0 aromatic carbocycles. The fourth-order valence-electron chi connectivity index (χ4n) is 2.38. The summed E-state index contributed by atoms with van der Waals surface area (Å²) in [5.41, 5.74) is 8.55. The molecule has 0 spiro atoms. The Hall–Kier alpha value is -0.340. The van der Waals surface area contributed by atoms with Crippen LogP contribution in [0.1, 0.15) is 34.6 Å². The van der Waals surface area contributed by atoms with Gasteiger partial charge < -0.3 is 0 Å². The summed E-state index contributed by atoms with van der Waals surface area (Å²) in [5, 5.41) is 0. The lowest BCUT2D eigenvalue weighted by Gasteiger charge is -2.23. The van der Waals surface area contributed by atoms with Crippen LogP contribution in [0.4, 0.5) is 0 Å². The smallest absolute Gasteiger partial charge is 0.143 e. The van der Waals surface area contributed by atoms with Gasteiger partial charge in [0.05, 0.1) is 11.5 Å². The van der Waals surface area contributed by atoms with Crippen LogP contribution in [0.15, 0.2) is 61.3 Å². The molecule has 0 aromatic rings. The highest BCUT2D eigenvalue weighted by Crippen LogP contribution is 2.40. The maximum absolute atomic E-state index is 3.63. The van der Waals surface area contributed by atoms with Gasteiger partial charge in [-0.05, 0) is 45.9 Å². The summed E-state index contributed by atoms with van der Waals surface area (Å²) in [6.07, 6.45) is 8.63. The number of rotatable bonds is 0. The Morgan fingerprint density at radius 1 is 1.14 bits per heavy atom. The highest BCUT2D eigenvalue weighted by atomic mass is 79.9. The molecule has 0 atom stereocenters. The first-order valence-corrected chi connectivity index (χ1v) is 9.51. The van der Waals surface area contributed by atoms with Crippen LogP contribution in [0.2, 0.25) is 0 Å². The third-order valence-corrected chi connectivity index (χ3v) is 5.36. The van der Waals surface area contributed by atoms with Gasteiger partial charge in [0.1, 0.15) is 0 Å². The topological polar surface area (TPSA) is 0 Å². The molecule has 0 aromatic heterocycles. The molecule has 0 N–H and O–H groups in total. The van der Waals surface area contributed by atoms with Crippen molar-refractivity contribution in [3.63, 3.8) is 0 Å².